The van der Waals surface area contributed by atoms with Gasteiger partial charge in [-0.3, -0.25) is 19.3 Å². The van der Waals surface area contributed by atoms with Gasteiger partial charge in [0.15, 0.2) is 0 Å². The largest absolute Gasteiger partial charge is 0.423 e. The maximum atomic E-state index is 12.7. The van der Waals surface area contributed by atoms with Gasteiger partial charge in [-0.2, -0.15) is 0 Å². The number of hydrogen-bond donors (Lipinski definition) is 0. The topological polar surface area (TPSA) is 84.0 Å². The maximum absolute atomic E-state index is 12.7. The number of nitrogens with zero attached hydrogens (tertiary/aromatic N) is 2. The summed E-state index contributed by atoms with van der Waals surface area (Å²) in [5.74, 6) is -0.742. The number of amides is 3. The number of likely N-dealkylation sites (tertiary alicyclic amines) is 1. The number of benzene rings is 2. The van der Waals surface area contributed by atoms with Crippen molar-refractivity contribution in [3.05, 3.63) is 70.1 Å². The third-order valence-electron chi connectivity index (χ3n) is 5.52. The van der Waals surface area contributed by atoms with E-state index in [4.69, 9.17) is 4.74 Å². The predicted octanol–water partition coefficient (Wildman–Crippen LogP) is 4.26. The Balaban J connectivity index is 1.39. The monoisotopic (exact) mass is 464 g/mol. The van der Waals surface area contributed by atoms with E-state index in [1.54, 1.807) is 53.4 Å². The molecule has 2 saturated heterocycles. The summed E-state index contributed by atoms with van der Waals surface area (Å²) in [6.45, 7) is 3.02. The smallest absolute Gasteiger partial charge is 0.343 e. The van der Waals surface area contributed by atoms with Crippen LogP contribution >= 0.6 is 11.8 Å². The Kier molecular flexibility index (Phi) is 6.93. The summed E-state index contributed by atoms with van der Waals surface area (Å²) in [5, 5.41) is -0.444. The summed E-state index contributed by atoms with van der Waals surface area (Å²) in [4.78, 5) is 52.8. The molecule has 0 bridgehead atoms. The molecule has 2 aliphatic rings. The van der Waals surface area contributed by atoms with Crippen LogP contribution in [0.3, 0.4) is 0 Å². The van der Waals surface area contributed by atoms with Crippen LogP contribution in [-0.2, 0) is 9.59 Å². The van der Waals surface area contributed by atoms with Gasteiger partial charge in [0.1, 0.15) is 12.3 Å². The number of aryl methyl sites for hydroxylation is 1. The van der Waals surface area contributed by atoms with Gasteiger partial charge >= 0.3 is 5.97 Å². The summed E-state index contributed by atoms with van der Waals surface area (Å²) in [6, 6.07) is 13.8. The minimum Gasteiger partial charge on any atom is -0.423 e. The molecule has 7 nitrogen and oxygen atoms in total. The first-order chi connectivity index (χ1) is 15.9. The first kappa shape index (κ1) is 22.8. The van der Waals surface area contributed by atoms with E-state index in [0.29, 0.717) is 30.0 Å². The standard InChI is InChI=1S/C25H24N2O5S/c1-17-6-5-7-19(14-17)24(30)32-20-10-8-18(9-11-20)15-21-23(29)27(25(31)33-21)16-22(28)26-12-3-2-4-13-26/h5-11,14-15H,2-4,12-13,16H2,1H3/b21-15-. The molecule has 8 heteroatoms. The summed E-state index contributed by atoms with van der Waals surface area (Å²) in [6.07, 6.45) is 4.59. The molecule has 0 spiro atoms. The lowest BCUT2D eigenvalue weighted by molar-refractivity contribution is -0.136. The lowest BCUT2D eigenvalue weighted by Gasteiger charge is -2.27. The lowest BCUT2D eigenvalue weighted by Crippen LogP contribution is -2.44. The highest BCUT2D eigenvalue weighted by Crippen LogP contribution is 2.32. The number of carbonyl (C=O) groups is 4. The second-order valence-electron chi connectivity index (χ2n) is 8.04. The zero-order valence-electron chi connectivity index (χ0n) is 18.3. The van der Waals surface area contributed by atoms with Crippen molar-refractivity contribution < 1.29 is 23.9 Å². The molecule has 2 fully saturated rings. The number of hydrogen-bond acceptors (Lipinski definition) is 6. The lowest BCUT2D eigenvalue weighted by atomic mass is 10.1. The van der Waals surface area contributed by atoms with Gasteiger partial charge in [0.2, 0.25) is 5.91 Å². The zero-order valence-corrected chi connectivity index (χ0v) is 19.1. The molecule has 0 saturated carbocycles. The SMILES string of the molecule is Cc1cccc(C(=O)Oc2ccc(/C=C3\SC(=O)N(CC(=O)N4CCCCC4)C3=O)cc2)c1. The van der Waals surface area contributed by atoms with Crippen molar-refractivity contribution in [2.45, 2.75) is 26.2 Å². The van der Waals surface area contributed by atoms with Crippen LogP contribution in [0.2, 0.25) is 0 Å². The number of ether oxygens (including phenoxy) is 1. The summed E-state index contributed by atoms with van der Waals surface area (Å²) < 4.78 is 5.40. The molecule has 0 atom stereocenters. The zero-order chi connectivity index (χ0) is 23.4. The van der Waals surface area contributed by atoms with Crippen LogP contribution in [0.1, 0.15) is 40.7 Å². The van der Waals surface area contributed by atoms with E-state index in [1.807, 2.05) is 13.0 Å². The first-order valence-corrected chi connectivity index (χ1v) is 11.6. The minimum absolute atomic E-state index is 0.196. The summed E-state index contributed by atoms with van der Waals surface area (Å²) in [7, 11) is 0. The number of carbonyl (C=O) groups excluding carboxylic acids is 4. The second-order valence-corrected chi connectivity index (χ2v) is 9.03. The van der Waals surface area contributed by atoms with Crippen molar-refractivity contribution in [1.29, 1.82) is 0 Å². The Labute approximate surface area is 196 Å². The third kappa shape index (κ3) is 5.51. The van der Waals surface area contributed by atoms with Crippen molar-refractivity contribution in [2.24, 2.45) is 0 Å². The van der Waals surface area contributed by atoms with E-state index in [0.717, 1.165) is 41.5 Å². The van der Waals surface area contributed by atoms with E-state index in [-0.39, 0.29) is 17.4 Å². The molecular weight excluding hydrogens is 440 g/mol. The number of piperidine rings is 1. The minimum atomic E-state index is -0.467. The van der Waals surface area contributed by atoms with E-state index in [2.05, 4.69) is 0 Å². The van der Waals surface area contributed by atoms with Crippen LogP contribution in [0.25, 0.3) is 6.08 Å². The highest BCUT2D eigenvalue weighted by atomic mass is 32.2. The van der Waals surface area contributed by atoms with Crippen LogP contribution < -0.4 is 4.74 Å². The van der Waals surface area contributed by atoms with Crippen molar-refractivity contribution in [3.63, 3.8) is 0 Å². The normalized spacial score (nSPS) is 17.5. The molecule has 0 unspecified atom stereocenters. The van der Waals surface area contributed by atoms with E-state index in [9.17, 15) is 19.2 Å². The molecule has 2 heterocycles. The van der Waals surface area contributed by atoms with Crippen molar-refractivity contribution in [1.82, 2.24) is 9.80 Å². The second kappa shape index (κ2) is 10.0. The van der Waals surface area contributed by atoms with Crippen LogP contribution in [0.4, 0.5) is 4.79 Å². The number of imide groups is 1. The quantitative estimate of drug-likeness (QED) is 0.373. The molecule has 170 valence electrons. The highest BCUT2D eigenvalue weighted by Gasteiger charge is 2.37. The maximum Gasteiger partial charge on any atom is 0.343 e. The van der Waals surface area contributed by atoms with Crippen molar-refractivity contribution in [2.75, 3.05) is 19.6 Å². The molecule has 2 aliphatic heterocycles. The molecule has 0 aliphatic carbocycles. The molecule has 2 aromatic rings. The van der Waals surface area contributed by atoms with Gasteiger partial charge in [-0.25, -0.2) is 4.79 Å². The Morgan fingerprint density at radius 1 is 1.03 bits per heavy atom. The molecule has 33 heavy (non-hydrogen) atoms. The molecular formula is C25H24N2O5S. The predicted molar refractivity (Wildman–Crippen MR) is 126 cm³/mol. The third-order valence-corrected chi connectivity index (χ3v) is 6.43. The summed E-state index contributed by atoms with van der Waals surface area (Å²) in [5.41, 5.74) is 2.11. The van der Waals surface area contributed by atoms with Gasteiger partial charge in [-0.05, 0) is 73.9 Å². The van der Waals surface area contributed by atoms with Gasteiger partial charge in [-0.1, -0.05) is 29.8 Å². The van der Waals surface area contributed by atoms with E-state index < -0.39 is 17.1 Å². The molecule has 0 N–H and O–H groups in total. The fourth-order valence-corrected chi connectivity index (χ4v) is 4.57. The molecule has 0 radical (unpaired) electrons. The Bertz CT molecular complexity index is 1120. The van der Waals surface area contributed by atoms with Crippen molar-refractivity contribution >= 4 is 40.9 Å². The fraction of sp³-hybridized carbons (Fsp3) is 0.280. The van der Waals surface area contributed by atoms with Crippen LogP contribution in [0.15, 0.2) is 53.4 Å². The molecule has 0 aromatic heterocycles. The van der Waals surface area contributed by atoms with Crippen LogP contribution in [-0.4, -0.2) is 52.5 Å². The van der Waals surface area contributed by atoms with Crippen molar-refractivity contribution in [3.8, 4) is 5.75 Å². The number of esters is 1. The highest BCUT2D eigenvalue weighted by molar-refractivity contribution is 8.18. The molecule has 2 aromatic carbocycles. The van der Waals surface area contributed by atoms with Gasteiger partial charge in [0, 0.05) is 13.1 Å². The average Bonchev–Trinajstić information content (AvgIpc) is 3.08. The molecule has 3 amide bonds. The Morgan fingerprint density at radius 2 is 1.76 bits per heavy atom. The number of rotatable bonds is 5. The van der Waals surface area contributed by atoms with E-state index in [1.165, 1.54) is 0 Å². The average molecular weight is 465 g/mol. The Hall–Kier alpha value is -3.39. The van der Waals surface area contributed by atoms with Gasteiger partial charge in [-0.15, -0.1) is 0 Å². The fourth-order valence-electron chi connectivity index (χ4n) is 3.74. The van der Waals surface area contributed by atoms with Gasteiger partial charge < -0.3 is 9.64 Å². The van der Waals surface area contributed by atoms with Gasteiger partial charge in [0.25, 0.3) is 11.1 Å². The first-order valence-electron chi connectivity index (χ1n) is 10.8. The molecule has 4 rings (SSSR count). The van der Waals surface area contributed by atoms with Crippen LogP contribution in [0.5, 0.6) is 5.75 Å². The Morgan fingerprint density at radius 3 is 2.45 bits per heavy atom. The van der Waals surface area contributed by atoms with E-state index >= 15 is 0 Å². The number of thioether (sulfide) groups is 1. The van der Waals surface area contributed by atoms with Gasteiger partial charge in [0.05, 0.1) is 10.5 Å². The summed E-state index contributed by atoms with van der Waals surface area (Å²) >= 11 is 0.821. The van der Waals surface area contributed by atoms with Crippen LogP contribution in [0, 0.1) is 6.92 Å².